The first-order valence-corrected chi connectivity index (χ1v) is 10.7. The molecule has 6 rings (SSSR count). The third-order valence-electron chi connectivity index (χ3n) is 5.50. The van der Waals surface area contributed by atoms with Gasteiger partial charge in [0, 0.05) is 29.3 Å². The quantitative estimate of drug-likeness (QED) is 0.540. The first-order chi connectivity index (χ1) is 14.4. The SMILES string of the molecule is c1ccc([C@@H]2Sc3nnc([C@H]4CCCO4)n3N=C2c2c[nH]c3ccccc23)cc1. The van der Waals surface area contributed by atoms with Gasteiger partial charge in [0.05, 0.1) is 11.0 Å². The summed E-state index contributed by atoms with van der Waals surface area (Å²) < 4.78 is 7.75. The summed E-state index contributed by atoms with van der Waals surface area (Å²) in [5, 5.41) is 16.0. The molecule has 0 radical (unpaired) electrons. The van der Waals surface area contributed by atoms with Crippen molar-refractivity contribution in [2.75, 3.05) is 6.61 Å². The number of nitrogens with zero attached hydrogens (tertiary/aromatic N) is 4. The molecule has 2 aromatic carbocycles. The van der Waals surface area contributed by atoms with E-state index in [0.717, 1.165) is 47.2 Å². The van der Waals surface area contributed by atoms with E-state index in [1.165, 1.54) is 10.9 Å². The predicted octanol–water partition coefficient (Wildman–Crippen LogP) is 4.71. The Bertz CT molecular complexity index is 1210. The molecule has 1 fully saturated rings. The van der Waals surface area contributed by atoms with Gasteiger partial charge in [-0.15, -0.1) is 10.2 Å². The van der Waals surface area contributed by atoms with E-state index < -0.39 is 0 Å². The van der Waals surface area contributed by atoms with Crippen LogP contribution in [0.25, 0.3) is 10.9 Å². The van der Waals surface area contributed by atoms with E-state index in [9.17, 15) is 0 Å². The Morgan fingerprint density at radius 2 is 1.90 bits per heavy atom. The molecule has 1 saturated heterocycles. The van der Waals surface area contributed by atoms with E-state index in [2.05, 4.69) is 63.8 Å². The highest BCUT2D eigenvalue weighted by atomic mass is 32.2. The van der Waals surface area contributed by atoms with E-state index >= 15 is 0 Å². The van der Waals surface area contributed by atoms with Crippen molar-refractivity contribution < 1.29 is 4.74 Å². The van der Waals surface area contributed by atoms with E-state index in [0.29, 0.717) is 0 Å². The number of hydrogen-bond acceptors (Lipinski definition) is 5. The van der Waals surface area contributed by atoms with E-state index in [4.69, 9.17) is 9.84 Å². The zero-order valence-corrected chi connectivity index (χ0v) is 16.5. The summed E-state index contributed by atoms with van der Waals surface area (Å²) in [6, 6.07) is 18.8. The molecular formula is C22H19N5OS. The number of hydrogen-bond donors (Lipinski definition) is 1. The van der Waals surface area contributed by atoms with Crippen molar-refractivity contribution in [3.8, 4) is 0 Å². The van der Waals surface area contributed by atoms with Crippen molar-refractivity contribution in [1.29, 1.82) is 0 Å². The summed E-state index contributed by atoms with van der Waals surface area (Å²) in [7, 11) is 0. The maximum absolute atomic E-state index is 5.86. The number of para-hydroxylation sites is 1. The van der Waals surface area contributed by atoms with Crippen molar-refractivity contribution >= 4 is 28.4 Å². The summed E-state index contributed by atoms with van der Waals surface area (Å²) in [6.07, 6.45) is 4.04. The third kappa shape index (κ3) is 2.81. The maximum Gasteiger partial charge on any atom is 0.213 e. The highest BCUT2D eigenvalue weighted by Crippen LogP contribution is 2.43. The lowest BCUT2D eigenvalue weighted by atomic mass is 10.0. The first-order valence-electron chi connectivity index (χ1n) is 9.82. The Kier molecular flexibility index (Phi) is 4.02. The molecule has 2 aliphatic rings. The lowest BCUT2D eigenvalue weighted by Gasteiger charge is -2.24. The number of nitrogens with one attached hydrogen (secondary N) is 1. The van der Waals surface area contributed by atoms with Crippen LogP contribution in [0.4, 0.5) is 0 Å². The molecule has 1 N–H and O–H groups in total. The smallest absolute Gasteiger partial charge is 0.213 e. The molecule has 0 saturated carbocycles. The molecule has 29 heavy (non-hydrogen) atoms. The van der Waals surface area contributed by atoms with Gasteiger partial charge in [-0.1, -0.05) is 60.3 Å². The van der Waals surface area contributed by atoms with Crippen molar-refractivity contribution in [2.24, 2.45) is 5.10 Å². The number of aromatic amines is 1. The van der Waals surface area contributed by atoms with Gasteiger partial charge in [0.1, 0.15) is 6.10 Å². The van der Waals surface area contributed by atoms with Gasteiger partial charge in [0.2, 0.25) is 5.16 Å². The lowest BCUT2D eigenvalue weighted by Crippen LogP contribution is -2.19. The number of benzene rings is 2. The zero-order chi connectivity index (χ0) is 19.2. The molecule has 0 bridgehead atoms. The van der Waals surface area contributed by atoms with E-state index in [1.807, 2.05) is 16.8 Å². The molecule has 6 nitrogen and oxygen atoms in total. The van der Waals surface area contributed by atoms with Gasteiger partial charge in [0.25, 0.3) is 0 Å². The molecule has 7 heteroatoms. The second-order valence-corrected chi connectivity index (χ2v) is 8.37. The summed E-state index contributed by atoms with van der Waals surface area (Å²) >= 11 is 1.69. The Balaban J connectivity index is 1.54. The molecule has 2 aliphatic heterocycles. The molecule has 144 valence electrons. The van der Waals surface area contributed by atoms with Gasteiger partial charge in [0.15, 0.2) is 5.82 Å². The summed E-state index contributed by atoms with van der Waals surface area (Å²) in [5.41, 5.74) is 4.43. The highest BCUT2D eigenvalue weighted by molar-refractivity contribution is 8.00. The Morgan fingerprint density at radius 3 is 2.76 bits per heavy atom. The van der Waals surface area contributed by atoms with Crippen LogP contribution in [0.1, 0.15) is 41.1 Å². The Labute approximate surface area is 172 Å². The fourth-order valence-electron chi connectivity index (χ4n) is 4.08. The van der Waals surface area contributed by atoms with Gasteiger partial charge < -0.3 is 9.72 Å². The molecule has 0 spiro atoms. The second-order valence-electron chi connectivity index (χ2n) is 7.30. The first kappa shape index (κ1) is 17.0. The Morgan fingerprint density at radius 1 is 1.03 bits per heavy atom. The number of H-pyrrole nitrogens is 1. The van der Waals surface area contributed by atoms with Crippen LogP contribution in [0.5, 0.6) is 0 Å². The van der Waals surface area contributed by atoms with Gasteiger partial charge in [-0.05, 0) is 24.5 Å². The molecule has 0 unspecified atom stereocenters. The normalized spacial score (nSPS) is 21.3. The Hall–Kier alpha value is -2.90. The van der Waals surface area contributed by atoms with Crippen LogP contribution in [0.15, 0.2) is 71.1 Å². The summed E-state index contributed by atoms with van der Waals surface area (Å²) in [6.45, 7) is 0.770. The highest BCUT2D eigenvalue weighted by Gasteiger charge is 2.33. The summed E-state index contributed by atoms with van der Waals surface area (Å²) in [5.74, 6) is 0.800. The van der Waals surface area contributed by atoms with Crippen LogP contribution in [0, 0.1) is 0 Å². The standard InChI is InChI=1S/C22H19N5OS/c1-2-7-14(8-3-1)20-19(16-13-23-17-10-5-4-9-15(16)17)26-27-21(18-11-6-12-28-18)24-25-22(27)29-20/h1-5,7-10,13,18,20,23H,6,11-12H2/t18-,20+/m1/s1. The van der Waals surface area contributed by atoms with E-state index in [-0.39, 0.29) is 11.4 Å². The number of rotatable bonds is 3. The number of ether oxygens (including phenoxy) is 1. The lowest BCUT2D eigenvalue weighted by molar-refractivity contribution is 0.102. The molecule has 4 heterocycles. The molecule has 2 aromatic heterocycles. The van der Waals surface area contributed by atoms with Crippen molar-refractivity contribution in [3.05, 3.63) is 77.7 Å². The zero-order valence-electron chi connectivity index (χ0n) is 15.7. The van der Waals surface area contributed by atoms with Gasteiger partial charge in [-0.2, -0.15) is 9.78 Å². The minimum atomic E-state index is -0.0295. The fraction of sp³-hybridized carbons (Fsp3) is 0.227. The largest absolute Gasteiger partial charge is 0.370 e. The minimum absolute atomic E-state index is 0.0295. The van der Waals surface area contributed by atoms with Crippen molar-refractivity contribution in [3.63, 3.8) is 0 Å². The average molecular weight is 401 g/mol. The molecular weight excluding hydrogens is 382 g/mol. The number of aromatic nitrogens is 4. The topological polar surface area (TPSA) is 68.1 Å². The second kappa shape index (κ2) is 6.86. The minimum Gasteiger partial charge on any atom is -0.370 e. The number of thioether (sulfide) groups is 1. The van der Waals surface area contributed by atoms with Crippen molar-refractivity contribution in [2.45, 2.75) is 29.4 Å². The fourth-order valence-corrected chi connectivity index (χ4v) is 5.19. The van der Waals surface area contributed by atoms with Crippen LogP contribution in [0.3, 0.4) is 0 Å². The van der Waals surface area contributed by atoms with Gasteiger partial charge in [-0.25, -0.2) is 0 Å². The molecule has 2 atom stereocenters. The van der Waals surface area contributed by atoms with Crippen LogP contribution in [-0.4, -0.2) is 32.2 Å². The molecule has 0 amide bonds. The molecule has 0 aliphatic carbocycles. The predicted molar refractivity (Wildman–Crippen MR) is 113 cm³/mol. The van der Waals surface area contributed by atoms with Gasteiger partial charge in [-0.3, -0.25) is 0 Å². The van der Waals surface area contributed by atoms with Crippen LogP contribution in [0.2, 0.25) is 0 Å². The van der Waals surface area contributed by atoms with Crippen molar-refractivity contribution in [1.82, 2.24) is 19.9 Å². The van der Waals surface area contributed by atoms with Gasteiger partial charge >= 0.3 is 0 Å². The average Bonchev–Trinajstić information content (AvgIpc) is 3.52. The molecule has 4 aromatic rings. The van der Waals surface area contributed by atoms with Crippen LogP contribution < -0.4 is 0 Å². The maximum atomic E-state index is 5.86. The number of fused-ring (bicyclic) bond motifs is 2. The van der Waals surface area contributed by atoms with E-state index in [1.54, 1.807) is 11.8 Å². The van der Waals surface area contributed by atoms with Crippen LogP contribution in [-0.2, 0) is 4.74 Å². The third-order valence-corrected chi connectivity index (χ3v) is 6.70. The van der Waals surface area contributed by atoms with Crippen LogP contribution >= 0.6 is 11.8 Å². The summed E-state index contributed by atoms with van der Waals surface area (Å²) in [4.78, 5) is 3.39. The monoisotopic (exact) mass is 401 g/mol.